The summed E-state index contributed by atoms with van der Waals surface area (Å²) in [4.78, 5) is 9.45. The maximum atomic E-state index is 10.1. The molecule has 0 fully saturated rings. The van der Waals surface area contributed by atoms with Crippen LogP contribution in [-0.4, -0.2) is 25.3 Å². The van der Waals surface area contributed by atoms with E-state index in [9.17, 15) is 5.11 Å². The van der Waals surface area contributed by atoms with Gasteiger partial charge in [-0.1, -0.05) is 24.3 Å². The Kier molecular flexibility index (Phi) is 3.72. The number of nitrogens with zero attached hydrogens (tertiary/aromatic N) is 4. The highest BCUT2D eigenvalue weighted by Gasteiger charge is 2.17. The number of hydrogen-bond donors (Lipinski definition) is 2. The molecule has 0 aliphatic heterocycles. The normalized spacial score (nSPS) is 13.7. The second-order valence-corrected chi connectivity index (χ2v) is 7.98. The third-order valence-corrected chi connectivity index (χ3v) is 5.65. The van der Waals surface area contributed by atoms with Gasteiger partial charge in [0.05, 0.1) is 24.3 Å². The lowest BCUT2D eigenvalue weighted by Crippen LogP contribution is -2.15. The van der Waals surface area contributed by atoms with E-state index in [1.54, 1.807) is 38.1 Å². The molecule has 3 aromatic heterocycles. The van der Waals surface area contributed by atoms with Gasteiger partial charge in [-0.15, -0.1) is 16.4 Å². The van der Waals surface area contributed by atoms with Crippen molar-refractivity contribution in [2.75, 3.05) is 5.32 Å². The minimum Gasteiger partial charge on any atom is -0.386 e. The average Bonchev–Trinajstić information content (AvgIpc) is 3.04. The Balaban J connectivity index is 1.76. The Morgan fingerprint density at radius 2 is 1.89 bits per heavy atom. The zero-order valence-corrected chi connectivity index (χ0v) is 16.3. The molecule has 0 aliphatic carbocycles. The van der Waals surface area contributed by atoms with Crippen LogP contribution in [-0.2, 0) is 12.1 Å². The first kappa shape index (κ1) is 15.4. The highest BCUT2D eigenvalue weighted by atomic mass is 32.1. The van der Waals surface area contributed by atoms with Crippen LogP contribution in [0.25, 0.3) is 20.4 Å². The molecule has 0 aliphatic rings. The van der Waals surface area contributed by atoms with Crippen LogP contribution in [0.3, 0.4) is 0 Å². The van der Waals surface area contributed by atoms with Gasteiger partial charge in [-0.25, -0.2) is 9.97 Å². The first-order chi connectivity index (χ1) is 13.6. The molecular weight excluding hydrogens is 358 g/mol. The molecule has 6 nitrogen and oxygen atoms in total. The predicted molar refractivity (Wildman–Crippen MR) is 109 cm³/mol. The van der Waals surface area contributed by atoms with E-state index < -0.39 is 12.1 Å². The number of nitrogens with one attached hydrogen (secondary N) is 1. The fourth-order valence-corrected chi connectivity index (χ4v) is 3.94. The largest absolute Gasteiger partial charge is 0.386 e. The maximum absolute atomic E-state index is 10.1. The number of fused-ring (bicyclic) bond motifs is 3. The summed E-state index contributed by atoms with van der Waals surface area (Å²) in [5, 5.41) is 22.4. The van der Waals surface area contributed by atoms with Gasteiger partial charge in [0.25, 0.3) is 0 Å². The van der Waals surface area contributed by atoms with Crippen molar-refractivity contribution in [3.63, 3.8) is 0 Å². The lowest BCUT2D eigenvalue weighted by Gasteiger charge is -2.18. The van der Waals surface area contributed by atoms with E-state index in [0.717, 1.165) is 37.3 Å². The lowest BCUT2D eigenvalue weighted by molar-refractivity contribution is 0.0786. The lowest BCUT2D eigenvalue weighted by atomic mass is 9.97. The van der Waals surface area contributed by atoms with Crippen molar-refractivity contribution in [2.24, 2.45) is 0 Å². The number of aliphatic hydroxyl groups is 1. The van der Waals surface area contributed by atoms with Gasteiger partial charge in [0.2, 0.25) is 0 Å². The van der Waals surface area contributed by atoms with Gasteiger partial charge in [-0.2, -0.15) is 5.10 Å². The Morgan fingerprint density at radius 3 is 2.59 bits per heavy atom. The van der Waals surface area contributed by atoms with Crippen LogP contribution in [0.4, 0.5) is 5.82 Å². The average molecular weight is 382 g/mol. The third kappa shape index (κ3) is 3.24. The number of thiophene rings is 1. The summed E-state index contributed by atoms with van der Waals surface area (Å²) in [5.41, 5.74) is 2.77. The number of rotatable bonds is 4. The topological polar surface area (TPSA) is 83.8 Å². The molecule has 0 unspecified atom stereocenters. The van der Waals surface area contributed by atoms with Crippen molar-refractivity contribution in [1.82, 2.24) is 20.2 Å². The van der Waals surface area contributed by atoms with Crippen molar-refractivity contribution < 1.29 is 7.85 Å². The van der Waals surface area contributed by atoms with Gasteiger partial charge >= 0.3 is 0 Å². The van der Waals surface area contributed by atoms with E-state index >= 15 is 0 Å². The van der Waals surface area contributed by atoms with Crippen molar-refractivity contribution in [1.29, 1.82) is 0 Å². The highest BCUT2D eigenvalue weighted by molar-refractivity contribution is 7.25. The van der Waals surface area contributed by atoms with E-state index in [0.29, 0.717) is 11.4 Å². The minimum atomic E-state index is -1.87. The Morgan fingerprint density at radius 1 is 1.15 bits per heavy atom. The summed E-state index contributed by atoms with van der Waals surface area (Å²) < 4.78 is 17.8. The van der Waals surface area contributed by atoms with Crippen molar-refractivity contribution in [2.45, 2.75) is 39.8 Å². The van der Waals surface area contributed by atoms with Crippen molar-refractivity contribution in [3.05, 3.63) is 53.0 Å². The zero-order chi connectivity index (χ0) is 21.0. The number of benzene rings is 1. The van der Waals surface area contributed by atoms with Gasteiger partial charge < -0.3 is 10.4 Å². The molecule has 0 amide bonds. The summed E-state index contributed by atoms with van der Waals surface area (Å²) in [6, 6.07) is 6.79. The number of aromatic nitrogens is 4. The van der Waals surface area contributed by atoms with Crippen LogP contribution >= 0.6 is 11.3 Å². The first-order valence-corrected chi connectivity index (χ1v) is 9.38. The van der Waals surface area contributed by atoms with Crippen molar-refractivity contribution in [3.8, 4) is 0 Å². The molecule has 4 aromatic rings. The Bertz CT molecular complexity index is 1220. The molecule has 1 aromatic carbocycles. The van der Waals surface area contributed by atoms with Crippen LogP contribution in [0.1, 0.15) is 39.0 Å². The second-order valence-electron chi connectivity index (χ2n) is 6.98. The van der Waals surface area contributed by atoms with E-state index in [2.05, 4.69) is 25.5 Å². The van der Waals surface area contributed by atoms with Crippen molar-refractivity contribution >= 4 is 37.6 Å². The molecule has 0 atom stereocenters. The number of anilines is 1. The summed E-state index contributed by atoms with van der Waals surface area (Å²) >= 11 is 1.39. The monoisotopic (exact) mass is 381 g/mol. The van der Waals surface area contributed by atoms with E-state index in [-0.39, 0.29) is 0 Å². The van der Waals surface area contributed by atoms with E-state index in [1.807, 2.05) is 13.8 Å². The summed E-state index contributed by atoms with van der Waals surface area (Å²) in [7, 11) is 0. The minimum absolute atomic E-state index is 0.409. The Labute approximate surface area is 164 Å². The first-order valence-electron chi connectivity index (χ1n) is 9.56. The van der Waals surface area contributed by atoms with Crippen LogP contribution < -0.4 is 5.32 Å². The van der Waals surface area contributed by atoms with Crippen LogP contribution in [0.15, 0.2) is 30.6 Å². The SMILES string of the molecule is [2H]C([2H])(Nc1ncnc2c1sc1nnc(C)c(C)c12)c1ccc(C(C)(C)O)cc1. The summed E-state index contributed by atoms with van der Waals surface area (Å²) in [5.74, 6) is 0.409. The van der Waals surface area contributed by atoms with Gasteiger partial charge in [-0.05, 0) is 44.4 Å². The fourth-order valence-electron chi connectivity index (χ4n) is 2.86. The zero-order valence-electron chi connectivity index (χ0n) is 17.5. The van der Waals surface area contributed by atoms with Crippen LogP contribution in [0, 0.1) is 13.8 Å². The molecule has 27 heavy (non-hydrogen) atoms. The molecule has 0 radical (unpaired) electrons. The summed E-state index contributed by atoms with van der Waals surface area (Å²) in [6.45, 7) is 5.41. The molecule has 0 spiro atoms. The molecule has 2 N–H and O–H groups in total. The number of aryl methyl sites for hydroxylation is 2. The molecular formula is C20H21N5OS. The smallest absolute Gasteiger partial charge is 0.149 e. The molecule has 0 saturated heterocycles. The molecule has 0 saturated carbocycles. The van der Waals surface area contributed by atoms with E-state index in [4.69, 9.17) is 2.74 Å². The predicted octanol–water partition coefficient (Wildman–Crippen LogP) is 4.09. The Hall–Kier alpha value is -2.64. The molecule has 3 heterocycles. The molecule has 7 heteroatoms. The van der Waals surface area contributed by atoms with E-state index in [1.165, 1.54) is 17.7 Å². The van der Waals surface area contributed by atoms with Crippen LogP contribution in [0.2, 0.25) is 0 Å². The molecule has 138 valence electrons. The number of hydrogen-bond acceptors (Lipinski definition) is 7. The second kappa shape index (κ2) is 6.51. The van der Waals surface area contributed by atoms with Gasteiger partial charge in [0.1, 0.15) is 17.0 Å². The standard InChI is InChI=1S/C20H21N5OS/c1-11-12(2)24-25-19-15(11)16-17(27-19)18(23-10-22-16)21-9-13-5-7-14(8-6-13)20(3,4)26/h5-8,10,26H,9H2,1-4H3,(H,21,22,23)/i9D2. The molecule has 0 bridgehead atoms. The van der Waals surface area contributed by atoms with Gasteiger partial charge in [-0.3, -0.25) is 0 Å². The fraction of sp³-hybridized carbons (Fsp3) is 0.300. The quantitative estimate of drug-likeness (QED) is 0.554. The summed E-state index contributed by atoms with van der Waals surface area (Å²) in [6.07, 6.45) is 1.43. The third-order valence-electron chi connectivity index (χ3n) is 4.58. The molecule has 4 rings (SSSR count). The van der Waals surface area contributed by atoms with Gasteiger partial charge in [0, 0.05) is 11.9 Å². The van der Waals surface area contributed by atoms with Crippen LogP contribution in [0.5, 0.6) is 0 Å². The maximum Gasteiger partial charge on any atom is 0.149 e. The van der Waals surface area contributed by atoms with Gasteiger partial charge in [0.15, 0.2) is 0 Å². The highest BCUT2D eigenvalue weighted by Crippen LogP contribution is 2.36.